The number of nitrogens with zero attached hydrogens (tertiary/aromatic N) is 2. The number of fused-ring (bicyclic) bond motifs is 1. The number of nitrogens with one attached hydrogen (secondary N) is 1. The number of anilines is 2. The maximum atomic E-state index is 4.62. The van der Waals surface area contributed by atoms with Gasteiger partial charge in [-0.05, 0) is 37.3 Å². The third-order valence-electron chi connectivity index (χ3n) is 2.99. The van der Waals surface area contributed by atoms with E-state index < -0.39 is 0 Å². The number of rotatable bonds is 3. The summed E-state index contributed by atoms with van der Waals surface area (Å²) in [6.07, 6.45) is 0.835. The Kier molecular flexibility index (Phi) is 3.72. The van der Waals surface area contributed by atoms with Gasteiger partial charge in [0.25, 0.3) is 0 Å². The first-order valence-corrected chi connectivity index (χ1v) is 8.06. The Morgan fingerprint density at radius 1 is 1.20 bits per heavy atom. The van der Waals surface area contributed by atoms with E-state index in [9.17, 15) is 0 Å². The molecule has 0 saturated carbocycles. The van der Waals surface area contributed by atoms with Crippen LogP contribution in [0.2, 0.25) is 0 Å². The fourth-order valence-corrected chi connectivity index (χ4v) is 3.17. The fraction of sp³-hybridized carbons (Fsp3) is 0.200. The molecule has 0 bridgehead atoms. The average Bonchev–Trinajstić information content (AvgIpc) is 2.81. The average molecular weight is 348 g/mol. The minimum absolute atomic E-state index is 0.835. The maximum absolute atomic E-state index is 4.62. The molecule has 102 valence electrons. The van der Waals surface area contributed by atoms with Crippen LogP contribution < -0.4 is 5.32 Å². The molecule has 0 fully saturated rings. The van der Waals surface area contributed by atoms with E-state index in [-0.39, 0.29) is 0 Å². The summed E-state index contributed by atoms with van der Waals surface area (Å²) in [5.41, 5.74) is 1.03. The highest BCUT2D eigenvalue weighted by Crippen LogP contribution is 2.30. The van der Waals surface area contributed by atoms with E-state index in [1.807, 2.05) is 24.3 Å². The lowest BCUT2D eigenvalue weighted by Gasteiger charge is -2.08. The van der Waals surface area contributed by atoms with Gasteiger partial charge in [0.15, 0.2) is 0 Å². The molecule has 0 aliphatic rings. The molecule has 5 heteroatoms. The SMILES string of the molecule is CCc1nc(Nc2ccc(Br)cc2)c2cc(C)sc2n1. The van der Waals surface area contributed by atoms with Crippen molar-refractivity contribution in [1.29, 1.82) is 0 Å². The van der Waals surface area contributed by atoms with Gasteiger partial charge >= 0.3 is 0 Å². The summed E-state index contributed by atoms with van der Waals surface area (Å²) in [7, 11) is 0. The molecular weight excluding hydrogens is 334 g/mol. The number of hydrogen-bond donors (Lipinski definition) is 1. The number of aromatic nitrogens is 2. The van der Waals surface area contributed by atoms with Crippen LogP contribution in [0.4, 0.5) is 11.5 Å². The number of hydrogen-bond acceptors (Lipinski definition) is 4. The van der Waals surface area contributed by atoms with Crippen LogP contribution in [0, 0.1) is 6.92 Å². The van der Waals surface area contributed by atoms with Crippen molar-refractivity contribution < 1.29 is 0 Å². The molecule has 0 radical (unpaired) electrons. The molecule has 3 nitrogen and oxygen atoms in total. The van der Waals surface area contributed by atoms with E-state index >= 15 is 0 Å². The molecule has 0 unspecified atom stereocenters. The van der Waals surface area contributed by atoms with Crippen LogP contribution in [0.1, 0.15) is 17.6 Å². The van der Waals surface area contributed by atoms with E-state index in [1.54, 1.807) is 11.3 Å². The second kappa shape index (κ2) is 5.50. The maximum Gasteiger partial charge on any atom is 0.142 e. The van der Waals surface area contributed by atoms with E-state index in [4.69, 9.17) is 0 Å². The monoisotopic (exact) mass is 347 g/mol. The first-order valence-electron chi connectivity index (χ1n) is 6.45. The Bertz CT molecular complexity index is 750. The van der Waals surface area contributed by atoms with Crippen molar-refractivity contribution in [3.63, 3.8) is 0 Å². The Balaban J connectivity index is 2.06. The summed E-state index contributed by atoms with van der Waals surface area (Å²) < 4.78 is 1.07. The lowest BCUT2D eigenvalue weighted by atomic mass is 10.3. The molecule has 0 atom stereocenters. The topological polar surface area (TPSA) is 37.8 Å². The summed E-state index contributed by atoms with van der Waals surface area (Å²) in [4.78, 5) is 11.5. The highest BCUT2D eigenvalue weighted by molar-refractivity contribution is 9.10. The Labute approximate surface area is 130 Å². The largest absolute Gasteiger partial charge is 0.340 e. The number of thiophene rings is 1. The molecule has 3 aromatic rings. The van der Waals surface area contributed by atoms with E-state index in [1.165, 1.54) is 4.88 Å². The zero-order valence-corrected chi connectivity index (χ0v) is 13.7. The van der Waals surface area contributed by atoms with Crippen molar-refractivity contribution in [2.24, 2.45) is 0 Å². The summed E-state index contributed by atoms with van der Waals surface area (Å²) >= 11 is 5.16. The fourth-order valence-electron chi connectivity index (χ4n) is 2.01. The standard InChI is InChI=1S/C15H14BrN3S/c1-3-13-18-14(12-8-9(2)20-15(12)19-13)17-11-6-4-10(16)5-7-11/h4-8H,3H2,1-2H3,(H,17,18,19). The van der Waals surface area contributed by atoms with E-state index in [2.05, 4.69) is 51.1 Å². The van der Waals surface area contributed by atoms with Crippen molar-refractivity contribution in [2.45, 2.75) is 20.3 Å². The lowest BCUT2D eigenvalue weighted by Crippen LogP contribution is -1.99. The summed E-state index contributed by atoms with van der Waals surface area (Å²) in [6, 6.07) is 10.2. The molecule has 1 N–H and O–H groups in total. The molecule has 2 aromatic heterocycles. The third kappa shape index (κ3) is 2.69. The van der Waals surface area contributed by atoms with Crippen LogP contribution in [-0.2, 0) is 6.42 Å². The second-order valence-corrected chi connectivity index (χ2v) is 6.70. The van der Waals surface area contributed by atoms with Crippen LogP contribution in [0.5, 0.6) is 0 Å². The van der Waals surface area contributed by atoms with Gasteiger partial charge in [-0.2, -0.15) is 0 Å². The van der Waals surface area contributed by atoms with Crippen molar-refractivity contribution in [3.05, 3.63) is 45.5 Å². The van der Waals surface area contributed by atoms with E-state index in [0.29, 0.717) is 0 Å². The lowest BCUT2D eigenvalue weighted by molar-refractivity contribution is 0.967. The Morgan fingerprint density at radius 3 is 2.65 bits per heavy atom. The Morgan fingerprint density at radius 2 is 1.95 bits per heavy atom. The molecule has 0 aliphatic carbocycles. The highest BCUT2D eigenvalue weighted by Gasteiger charge is 2.10. The smallest absolute Gasteiger partial charge is 0.142 e. The summed E-state index contributed by atoms with van der Waals surface area (Å²) in [5, 5.41) is 4.49. The molecule has 0 aliphatic heterocycles. The number of aryl methyl sites for hydroxylation is 2. The van der Waals surface area contributed by atoms with Gasteiger partial charge in [0.2, 0.25) is 0 Å². The first kappa shape index (κ1) is 13.5. The molecule has 20 heavy (non-hydrogen) atoms. The minimum Gasteiger partial charge on any atom is -0.340 e. The number of halogens is 1. The van der Waals surface area contributed by atoms with Gasteiger partial charge in [-0.25, -0.2) is 9.97 Å². The molecule has 0 spiro atoms. The van der Waals surface area contributed by atoms with Gasteiger partial charge in [0.05, 0.1) is 5.39 Å². The van der Waals surface area contributed by atoms with Gasteiger partial charge in [-0.1, -0.05) is 22.9 Å². The highest BCUT2D eigenvalue weighted by atomic mass is 79.9. The molecule has 3 rings (SSSR count). The van der Waals surface area contributed by atoms with Gasteiger partial charge in [-0.3, -0.25) is 0 Å². The van der Waals surface area contributed by atoms with Gasteiger partial charge in [0.1, 0.15) is 16.5 Å². The predicted octanol–water partition coefficient (Wildman–Crippen LogP) is 5.07. The van der Waals surface area contributed by atoms with Crippen molar-refractivity contribution in [3.8, 4) is 0 Å². The quantitative estimate of drug-likeness (QED) is 0.718. The van der Waals surface area contributed by atoms with Crippen molar-refractivity contribution in [1.82, 2.24) is 9.97 Å². The van der Waals surface area contributed by atoms with Crippen LogP contribution in [-0.4, -0.2) is 9.97 Å². The van der Waals surface area contributed by atoms with Crippen LogP contribution >= 0.6 is 27.3 Å². The minimum atomic E-state index is 0.835. The van der Waals surface area contributed by atoms with E-state index in [0.717, 1.165) is 38.4 Å². The van der Waals surface area contributed by atoms with Gasteiger partial charge in [-0.15, -0.1) is 11.3 Å². The van der Waals surface area contributed by atoms with Gasteiger partial charge in [0, 0.05) is 21.5 Å². The summed E-state index contributed by atoms with van der Waals surface area (Å²) in [5.74, 6) is 1.76. The molecule has 1 aromatic carbocycles. The molecule has 0 saturated heterocycles. The zero-order chi connectivity index (χ0) is 14.1. The molecule has 2 heterocycles. The first-order chi connectivity index (χ1) is 9.65. The zero-order valence-electron chi connectivity index (χ0n) is 11.3. The summed E-state index contributed by atoms with van der Waals surface area (Å²) in [6.45, 7) is 4.17. The van der Waals surface area contributed by atoms with Crippen molar-refractivity contribution in [2.75, 3.05) is 5.32 Å². The van der Waals surface area contributed by atoms with Crippen LogP contribution in [0.3, 0.4) is 0 Å². The number of benzene rings is 1. The molecule has 0 amide bonds. The Hall–Kier alpha value is -1.46. The van der Waals surface area contributed by atoms with Crippen molar-refractivity contribution >= 4 is 49.0 Å². The van der Waals surface area contributed by atoms with Crippen LogP contribution in [0.25, 0.3) is 10.2 Å². The normalized spacial score (nSPS) is 10.9. The van der Waals surface area contributed by atoms with Crippen LogP contribution in [0.15, 0.2) is 34.8 Å². The second-order valence-electron chi connectivity index (χ2n) is 4.55. The van der Waals surface area contributed by atoms with Gasteiger partial charge < -0.3 is 5.32 Å². The predicted molar refractivity (Wildman–Crippen MR) is 89.0 cm³/mol. The third-order valence-corrected chi connectivity index (χ3v) is 4.46. The molecular formula is C15H14BrN3S.